The molecule has 0 saturated heterocycles. The van der Waals surface area contributed by atoms with E-state index in [1.807, 2.05) is 34.9 Å². The normalized spacial score (nSPS) is 10.8. The summed E-state index contributed by atoms with van der Waals surface area (Å²) in [6, 6.07) is 14.8. The number of hydrogen-bond acceptors (Lipinski definition) is 2. The van der Waals surface area contributed by atoms with Crippen molar-refractivity contribution in [1.82, 2.24) is 4.57 Å². The maximum absolute atomic E-state index is 11.8. The second kappa shape index (κ2) is 5.48. The van der Waals surface area contributed by atoms with Gasteiger partial charge in [-0.15, -0.1) is 0 Å². The average molecular weight is 293 g/mol. The van der Waals surface area contributed by atoms with Crippen LogP contribution in [0.1, 0.15) is 33.2 Å². The van der Waals surface area contributed by atoms with Crippen molar-refractivity contribution in [2.45, 2.75) is 13.5 Å². The molecule has 4 nitrogen and oxygen atoms in total. The minimum Gasteiger partial charge on any atom is -0.478 e. The number of carboxylic acid groups (broad SMARTS) is 1. The number of aromatic carboxylic acids is 1. The zero-order valence-corrected chi connectivity index (χ0v) is 12.1. The van der Waals surface area contributed by atoms with E-state index in [2.05, 4.69) is 0 Å². The molecule has 0 spiro atoms. The smallest absolute Gasteiger partial charge is 0.335 e. The molecule has 22 heavy (non-hydrogen) atoms. The molecule has 0 atom stereocenters. The Morgan fingerprint density at radius 1 is 1.09 bits per heavy atom. The molecule has 0 radical (unpaired) electrons. The van der Waals surface area contributed by atoms with Crippen molar-refractivity contribution in [3.63, 3.8) is 0 Å². The van der Waals surface area contributed by atoms with Crippen molar-refractivity contribution < 1.29 is 14.7 Å². The van der Waals surface area contributed by atoms with E-state index in [9.17, 15) is 9.59 Å². The molecule has 1 N–H and O–H groups in total. The van der Waals surface area contributed by atoms with Gasteiger partial charge in [0.05, 0.1) is 5.56 Å². The Morgan fingerprint density at radius 2 is 1.82 bits per heavy atom. The van der Waals surface area contributed by atoms with Gasteiger partial charge in [-0.05, 0) is 30.7 Å². The Hall–Kier alpha value is -2.88. The van der Waals surface area contributed by atoms with Gasteiger partial charge in [0.15, 0.2) is 5.78 Å². The maximum Gasteiger partial charge on any atom is 0.335 e. The van der Waals surface area contributed by atoms with Crippen LogP contribution < -0.4 is 0 Å². The molecule has 3 aromatic rings. The lowest BCUT2D eigenvalue weighted by Crippen LogP contribution is -1.99. The maximum atomic E-state index is 11.8. The lowest BCUT2D eigenvalue weighted by atomic mass is 10.1. The van der Waals surface area contributed by atoms with E-state index in [0.29, 0.717) is 17.5 Å². The molecule has 0 aliphatic rings. The average Bonchev–Trinajstić information content (AvgIpc) is 2.86. The predicted octanol–water partition coefficient (Wildman–Crippen LogP) is 3.59. The summed E-state index contributed by atoms with van der Waals surface area (Å²) in [6.45, 7) is 2.13. The minimum atomic E-state index is -0.993. The molecule has 0 bridgehead atoms. The first kappa shape index (κ1) is 14.1. The fourth-order valence-corrected chi connectivity index (χ4v) is 2.62. The van der Waals surface area contributed by atoms with E-state index in [1.54, 1.807) is 24.4 Å². The van der Waals surface area contributed by atoms with Crippen LogP contribution >= 0.6 is 0 Å². The summed E-state index contributed by atoms with van der Waals surface area (Å²) in [5.74, 6) is -1.06. The van der Waals surface area contributed by atoms with Crippen LogP contribution in [0.15, 0.2) is 54.7 Å². The molecule has 110 valence electrons. The van der Waals surface area contributed by atoms with Gasteiger partial charge < -0.3 is 9.67 Å². The lowest BCUT2D eigenvalue weighted by Gasteiger charge is -2.05. The Labute approximate surface area is 127 Å². The van der Waals surface area contributed by atoms with Crippen molar-refractivity contribution in [2.24, 2.45) is 0 Å². The minimum absolute atomic E-state index is 0.0700. The third-order valence-electron chi connectivity index (χ3n) is 3.70. The van der Waals surface area contributed by atoms with Gasteiger partial charge in [0.2, 0.25) is 0 Å². The molecular weight excluding hydrogens is 278 g/mol. The second-order valence-corrected chi connectivity index (χ2v) is 5.25. The number of benzene rings is 2. The first-order chi connectivity index (χ1) is 10.6. The SMILES string of the molecule is CC(=O)c1cn(Cc2ccccc2)c2ccc(C(=O)O)cc12. The van der Waals surface area contributed by atoms with E-state index in [-0.39, 0.29) is 11.3 Å². The van der Waals surface area contributed by atoms with Crippen LogP contribution in [0, 0.1) is 0 Å². The predicted molar refractivity (Wildman–Crippen MR) is 84.4 cm³/mol. The fraction of sp³-hybridized carbons (Fsp3) is 0.111. The largest absolute Gasteiger partial charge is 0.478 e. The van der Waals surface area contributed by atoms with Crippen LogP contribution in [0.3, 0.4) is 0 Å². The lowest BCUT2D eigenvalue weighted by molar-refractivity contribution is 0.0696. The summed E-state index contributed by atoms with van der Waals surface area (Å²) in [5.41, 5.74) is 2.72. The van der Waals surface area contributed by atoms with E-state index < -0.39 is 5.97 Å². The molecule has 1 heterocycles. The van der Waals surface area contributed by atoms with Gasteiger partial charge in [-0.25, -0.2) is 4.79 Å². The topological polar surface area (TPSA) is 59.3 Å². The van der Waals surface area contributed by atoms with Crippen LogP contribution in [-0.4, -0.2) is 21.4 Å². The Morgan fingerprint density at radius 3 is 2.45 bits per heavy atom. The van der Waals surface area contributed by atoms with Crippen LogP contribution in [0.25, 0.3) is 10.9 Å². The van der Waals surface area contributed by atoms with Crippen LogP contribution in [-0.2, 0) is 6.54 Å². The number of nitrogens with zero attached hydrogens (tertiary/aromatic N) is 1. The summed E-state index contributed by atoms with van der Waals surface area (Å²) in [4.78, 5) is 23.0. The summed E-state index contributed by atoms with van der Waals surface area (Å²) in [6.07, 6.45) is 1.80. The molecule has 1 aromatic heterocycles. The van der Waals surface area contributed by atoms with Gasteiger partial charge in [0, 0.05) is 29.2 Å². The number of Topliss-reactive ketones (excluding diaryl/α,β-unsaturated/α-hetero) is 1. The molecule has 0 amide bonds. The quantitative estimate of drug-likeness (QED) is 0.748. The third kappa shape index (κ3) is 2.51. The van der Waals surface area contributed by atoms with E-state index in [0.717, 1.165) is 11.1 Å². The van der Waals surface area contributed by atoms with E-state index in [4.69, 9.17) is 5.11 Å². The van der Waals surface area contributed by atoms with Crippen LogP contribution in [0.4, 0.5) is 0 Å². The molecule has 0 saturated carbocycles. The number of carboxylic acids is 1. The monoisotopic (exact) mass is 293 g/mol. The van der Waals surface area contributed by atoms with Crippen molar-refractivity contribution in [3.05, 3.63) is 71.4 Å². The van der Waals surface area contributed by atoms with Gasteiger partial charge in [-0.2, -0.15) is 0 Å². The highest BCUT2D eigenvalue weighted by Crippen LogP contribution is 2.24. The zero-order chi connectivity index (χ0) is 15.7. The number of hydrogen-bond donors (Lipinski definition) is 1. The first-order valence-corrected chi connectivity index (χ1v) is 6.97. The van der Waals surface area contributed by atoms with E-state index >= 15 is 0 Å². The highest BCUT2D eigenvalue weighted by molar-refractivity contribution is 6.08. The van der Waals surface area contributed by atoms with Gasteiger partial charge >= 0.3 is 5.97 Å². The van der Waals surface area contributed by atoms with Crippen molar-refractivity contribution in [3.8, 4) is 0 Å². The molecule has 0 unspecified atom stereocenters. The molecule has 0 aliphatic heterocycles. The molecule has 0 fully saturated rings. The number of ketones is 1. The van der Waals surface area contributed by atoms with Gasteiger partial charge in [-0.3, -0.25) is 4.79 Å². The summed E-state index contributed by atoms with van der Waals surface area (Å²) in [5, 5.41) is 9.81. The second-order valence-electron chi connectivity index (χ2n) is 5.25. The fourth-order valence-electron chi connectivity index (χ4n) is 2.62. The summed E-state index contributed by atoms with van der Waals surface area (Å²) >= 11 is 0. The zero-order valence-electron chi connectivity index (χ0n) is 12.1. The standard InChI is InChI=1S/C18H15NO3/c1-12(20)16-11-19(10-13-5-3-2-4-6-13)17-8-7-14(18(21)22)9-15(16)17/h2-9,11H,10H2,1H3,(H,21,22). The van der Waals surface area contributed by atoms with E-state index in [1.165, 1.54) is 6.92 Å². The van der Waals surface area contributed by atoms with Crippen LogP contribution in [0.2, 0.25) is 0 Å². The Kier molecular flexibility index (Phi) is 3.51. The van der Waals surface area contributed by atoms with Crippen molar-refractivity contribution in [2.75, 3.05) is 0 Å². The number of fused-ring (bicyclic) bond motifs is 1. The molecule has 2 aromatic carbocycles. The van der Waals surface area contributed by atoms with Crippen molar-refractivity contribution in [1.29, 1.82) is 0 Å². The van der Waals surface area contributed by atoms with Crippen molar-refractivity contribution >= 4 is 22.7 Å². The van der Waals surface area contributed by atoms with Gasteiger partial charge in [0.25, 0.3) is 0 Å². The molecule has 0 aliphatic carbocycles. The number of carbonyl (C=O) groups is 2. The Bertz CT molecular complexity index is 863. The summed E-state index contributed by atoms with van der Waals surface area (Å²) < 4.78 is 1.98. The first-order valence-electron chi connectivity index (χ1n) is 6.97. The summed E-state index contributed by atoms with van der Waals surface area (Å²) in [7, 11) is 0. The highest BCUT2D eigenvalue weighted by atomic mass is 16.4. The number of carbonyl (C=O) groups excluding carboxylic acids is 1. The number of rotatable bonds is 4. The highest BCUT2D eigenvalue weighted by Gasteiger charge is 2.14. The van der Waals surface area contributed by atoms with Crippen LogP contribution in [0.5, 0.6) is 0 Å². The Balaban J connectivity index is 2.15. The number of aromatic nitrogens is 1. The van der Waals surface area contributed by atoms with Gasteiger partial charge in [0.1, 0.15) is 0 Å². The third-order valence-corrected chi connectivity index (χ3v) is 3.70. The molecular formula is C18H15NO3. The van der Waals surface area contributed by atoms with Gasteiger partial charge in [-0.1, -0.05) is 30.3 Å². The molecule has 3 rings (SSSR count). The molecule has 4 heteroatoms.